The molecule has 0 bridgehead atoms. The minimum absolute atomic E-state index is 0.0834. The zero-order chi connectivity index (χ0) is 15.3. The van der Waals surface area contributed by atoms with E-state index in [-0.39, 0.29) is 18.1 Å². The molecule has 0 aliphatic carbocycles. The van der Waals surface area contributed by atoms with Crippen LogP contribution in [-0.2, 0) is 14.3 Å². The number of carbonyl (C=O) groups is 1. The van der Waals surface area contributed by atoms with E-state index < -0.39 is 0 Å². The third-order valence-corrected chi connectivity index (χ3v) is 3.32. The number of nitrogens with one attached hydrogen (secondary N) is 1. The molecule has 5 heteroatoms. The average Bonchev–Trinajstić information content (AvgIpc) is 2.42. The zero-order valence-corrected chi connectivity index (χ0v) is 13.0. The largest absolute Gasteiger partial charge is 0.462 e. The number of carbonyl (C=O) groups excluding carboxylic acids is 1. The third kappa shape index (κ3) is 4.36. The molecule has 21 heavy (non-hydrogen) atoms. The lowest BCUT2D eigenvalue weighted by Gasteiger charge is -2.41. The number of esters is 1. The first-order valence-electron chi connectivity index (χ1n) is 7.37. The fraction of sp³-hybridized carbons (Fsp3) is 0.562. The minimum atomic E-state index is -0.220. The Bertz CT molecular complexity index is 488. The number of anilines is 2. The van der Waals surface area contributed by atoms with E-state index in [0.717, 1.165) is 17.9 Å². The van der Waals surface area contributed by atoms with Gasteiger partial charge in [-0.15, -0.1) is 0 Å². The Labute approximate surface area is 126 Å². The predicted octanol–water partition coefficient (Wildman–Crippen LogP) is 2.28. The van der Waals surface area contributed by atoms with E-state index in [1.54, 1.807) is 0 Å². The van der Waals surface area contributed by atoms with Gasteiger partial charge < -0.3 is 19.7 Å². The Morgan fingerprint density at radius 3 is 2.86 bits per heavy atom. The number of hydrogen-bond donors (Lipinski definition) is 1. The summed E-state index contributed by atoms with van der Waals surface area (Å²) in [6.45, 7) is 8.57. The van der Waals surface area contributed by atoms with Gasteiger partial charge in [0.2, 0.25) is 0 Å². The second-order valence-electron chi connectivity index (χ2n) is 5.80. The molecule has 0 atom stereocenters. The molecule has 0 aromatic heterocycles. The van der Waals surface area contributed by atoms with Gasteiger partial charge in [-0.25, -0.2) is 0 Å². The summed E-state index contributed by atoms with van der Waals surface area (Å²) >= 11 is 0. The topological polar surface area (TPSA) is 50.8 Å². The summed E-state index contributed by atoms with van der Waals surface area (Å²) in [7, 11) is 0. The van der Waals surface area contributed by atoms with Crippen molar-refractivity contribution in [2.24, 2.45) is 0 Å². The van der Waals surface area contributed by atoms with Crippen molar-refractivity contribution in [1.82, 2.24) is 0 Å². The second-order valence-corrected chi connectivity index (χ2v) is 5.80. The molecular formula is C16H24N2O3. The lowest BCUT2D eigenvalue weighted by atomic mass is 9.99. The highest BCUT2D eigenvalue weighted by Crippen LogP contribution is 2.33. The van der Waals surface area contributed by atoms with Crippen LogP contribution >= 0.6 is 0 Å². The SMILES string of the molecule is CCOCCOC(=O)CN1CC(C)(C)Nc2ccccc21. The fourth-order valence-corrected chi connectivity index (χ4v) is 2.52. The van der Waals surface area contributed by atoms with Crippen molar-refractivity contribution in [3.8, 4) is 0 Å². The van der Waals surface area contributed by atoms with E-state index in [2.05, 4.69) is 24.1 Å². The molecule has 116 valence electrons. The van der Waals surface area contributed by atoms with Crippen LogP contribution in [0.1, 0.15) is 20.8 Å². The molecular weight excluding hydrogens is 268 g/mol. The number of para-hydroxylation sites is 2. The van der Waals surface area contributed by atoms with Gasteiger partial charge in [0.1, 0.15) is 13.2 Å². The molecule has 1 aromatic carbocycles. The van der Waals surface area contributed by atoms with Crippen molar-refractivity contribution in [2.45, 2.75) is 26.3 Å². The molecule has 1 N–H and O–H groups in total. The first-order valence-corrected chi connectivity index (χ1v) is 7.37. The van der Waals surface area contributed by atoms with Gasteiger partial charge in [-0.05, 0) is 32.9 Å². The normalized spacial score (nSPS) is 16.0. The van der Waals surface area contributed by atoms with Gasteiger partial charge in [-0.2, -0.15) is 0 Å². The molecule has 0 saturated heterocycles. The van der Waals surface area contributed by atoms with Gasteiger partial charge in [0, 0.05) is 18.7 Å². The Balaban J connectivity index is 1.97. The average molecular weight is 292 g/mol. The van der Waals surface area contributed by atoms with Gasteiger partial charge in [0.05, 0.1) is 18.0 Å². The maximum Gasteiger partial charge on any atom is 0.325 e. The molecule has 0 fully saturated rings. The molecule has 0 spiro atoms. The van der Waals surface area contributed by atoms with E-state index in [9.17, 15) is 4.79 Å². The second kappa shape index (κ2) is 6.80. The van der Waals surface area contributed by atoms with Gasteiger partial charge in [0.15, 0.2) is 0 Å². The third-order valence-electron chi connectivity index (χ3n) is 3.32. The van der Waals surface area contributed by atoms with E-state index in [1.807, 2.05) is 31.2 Å². The molecule has 1 aliphatic heterocycles. The van der Waals surface area contributed by atoms with Crippen molar-refractivity contribution in [3.05, 3.63) is 24.3 Å². The molecule has 1 heterocycles. The van der Waals surface area contributed by atoms with E-state index in [1.165, 1.54) is 0 Å². The van der Waals surface area contributed by atoms with E-state index in [0.29, 0.717) is 19.8 Å². The number of benzene rings is 1. The first kappa shape index (κ1) is 15.6. The van der Waals surface area contributed by atoms with Crippen molar-refractivity contribution in [1.29, 1.82) is 0 Å². The van der Waals surface area contributed by atoms with Crippen molar-refractivity contribution in [3.63, 3.8) is 0 Å². The molecule has 5 nitrogen and oxygen atoms in total. The Kier molecular flexibility index (Phi) is 5.07. The van der Waals surface area contributed by atoms with Crippen LogP contribution in [-0.4, -0.2) is 44.4 Å². The highest BCUT2D eigenvalue weighted by atomic mass is 16.6. The zero-order valence-electron chi connectivity index (χ0n) is 13.0. The van der Waals surface area contributed by atoms with Crippen LogP contribution in [0.15, 0.2) is 24.3 Å². The Morgan fingerprint density at radius 2 is 2.10 bits per heavy atom. The number of rotatable bonds is 6. The van der Waals surface area contributed by atoms with Gasteiger partial charge in [-0.3, -0.25) is 4.79 Å². The molecule has 0 amide bonds. The van der Waals surface area contributed by atoms with Crippen LogP contribution in [0.4, 0.5) is 11.4 Å². The summed E-state index contributed by atoms with van der Waals surface area (Å²) in [4.78, 5) is 14.0. The summed E-state index contributed by atoms with van der Waals surface area (Å²) in [5.74, 6) is -0.220. The summed E-state index contributed by atoms with van der Waals surface area (Å²) in [6, 6.07) is 8.02. The Morgan fingerprint density at radius 1 is 1.33 bits per heavy atom. The molecule has 0 saturated carbocycles. The predicted molar refractivity (Wildman–Crippen MR) is 83.8 cm³/mol. The van der Waals surface area contributed by atoms with Crippen LogP contribution < -0.4 is 10.2 Å². The van der Waals surface area contributed by atoms with Crippen LogP contribution in [0.3, 0.4) is 0 Å². The number of hydrogen-bond acceptors (Lipinski definition) is 5. The van der Waals surface area contributed by atoms with Gasteiger partial charge in [0.25, 0.3) is 0 Å². The fourth-order valence-electron chi connectivity index (χ4n) is 2.52. The summed E-state index contributed by atoms with van der Waals surface area (Å²) in [6.07, 6.45) is 0. The number of ether oxygens (including phenoxy) is 2. The molecule has 1 aliphatic rings. The summed E-state index contributed by atoms with van der Waals surface area (Å²) < 4.78 is 10.4. The smallest absolute Gasteiger partial charge is 0.325 e. The van der Waals surface area contributed by atoms with Crippen LogP contribution in [0.2, 0.25) is 0 Å². The first-order chi connectivity index (χ1) is 10.0. The maximum atomic E-state index is 12.0. The summed E-state index contributed by atoms with van der Waals surface area (Å²) in [5.41, 5.74) is 2.01. The Hall–Kier alpha value is -1.75. The monoisotopic (exact) mass is 292 g/mol. The van der Waals surface area contributed by atoms with Gasteiger partial charge in [-0.1, -0.05) is 12.1 Å². The molecule has 0 unspecified atom stereocenters. The summed E-state index contributed by atoms with van der Waals surface area (Å²) in [5, 5.41) is 3.49. The van der Waals surface area contributed by atoms with Crippen LogP contribution in [0, 0.1) is 0 Å². The number of nitrogens with zero attached hydrogens (tertiary/aromatic N) is 1. The minimum Gasteiger partial charge on any atom is -0.462 e. The van der Waals surface area contributed by atoms with Crippen molar-refractivity contribution >= 4 is 17.3 Å². The van der Waals surface area contributed by atoms with E-state index in [4.69, 9.17) is 9.47 Å². The highest BCUT2D eigenvalue weighted by molar-refractivity contribution is 5.81. The number of fused-ring (bicyclic) bond motifs is 1. The molecule has 2 rings (SSSR count). The highest BCUT2D eigenvalue weighted by Gasteiger charge is 2.30. The van der Waals surface area contributed by atoms with Crippen LogP contribution in [0.5, 0.6) is 0 Å². The van der Waals surface area contributed by atoms with Crippen molar-refractivity contribution < 1.29 is 14.3 Å². The van der Waals surface area contributed by atoms with Gasteiger partial charge >= 0.3 is 5.97 Å². The molecule has 0 radical (unpaired) electrons. The lowest BCUT2D eigenvalue weighted by molar-refractivity contribution is -0.143. The van der Waals surface area contributed by atoms with Crippen molar-refractivity contribution in [2.75, 3.05) is 43.1 Å². The lowest BCUT2D eigenvalue weighted by Crippen LogP contribution is -2.50. The maximum absolute atomic E-state index is 12.0. The molecule has 1 aromatic rings. The van der Waals surface area contributed by atoms with E-state index >= 15 is 0 Å². The van der Waals surface area contributed by atoms with Crippen LogP contribution in [0.25, 0.3) is 0 Å². The quantitative estimate of drug-likeness (QED) is 0.644. The standard InChI is InChI=1S/C16H24N2O3/c1-4-20-9-10-21-15(19)11-18-12-16(2,3)17-13-7-5-6-8-14(13)18/h5-8,17H,4,9-12H2,1-3H3.